The van der Waals surface area contributed by atoms with Crippen molar-refractivity contribution in [2.75, 3.05) is 25.5 Å². The standard InChI is InChI=1S/C15H25FN2/c1-12(2)11-13(3)18(4)10-9-17-15-8-6-5-7-14(15)16/h5-8,12-13,17H,9-11H2,1-4H3. The minimum absolute atomic E-state index is 0.185. The lowest BCUT2D eigenvalue weighted by Gasteiger charge is -2.26. The van der Waals surface area contributed by atoms with Gasteiger partial charge in [-0.2, -0.15) is 0 Å². The molecule has 0 fully saturated rings. The topological polar surface area (TPSA) is 15.3 Å². The zero-order chi connectivity index (χ0) is 13.5. The molecule has 3 heteroatoms. The van der Waals surface area contributed by atoms with Crippen molar-refractivity contribution in [3.8, 4) is 0 Å². The maximum atomic E-state index is 13.4. The third kappa shape index (κ3) is 5.05. The zero-order valence-electron chi connectivity index (χ0n) is 11.9. The van der Waals surface area contributed by atoms with Crippen LogP contribution in [-0.2, 0) is 0 Å². The van der Waals surface area contributed by atoms with Crippen molar-refractivity contribution in [3.63, 3.8) is 0 Å². The van der Waals surface area contributed by atoms with E-state index in [1.165, 1.54) is 12.5 Å². The molecule has 18 heavy (non-hydrogen) atoms. The maximum absolute atomic E-state index is 13.4. The molecule has 102 valence electrons. The number of hydrogen-bond donors (Lipinski definition) is 1. The van der Waals surface area contributed by atoms with E-state index in [2.05, 4.69) is 38.0 Å². The summed E-state index contributed by atoms with van der Waals surface area (Å²) in [5.41, 5.74) is 0.586. The van der Waals surface area contributed by atoms with E-state index >= 15 is 0 Å². The summed E-state index contributed by atoms with van der Waals surface area (Å²) in [6.45, 7) is 8.40. The Balaban J connectivity index is 2.31. The quantitative estimate of drug-likeness (QED) is 0.797. The van der Waals surface area contributed by atoms with Gasteiger partial charge in [-0.05, 0) is 38.4 Å². The largest absolute Gasteiger partial charge is 0.381 e. The summed E-state index contributed by atoms with van der Waals surface area (Å²) in [5, 5.41) is 3.14. The molecule has 0 heterocycles. The van der Waals surface area contributed by atoms with Gasteiger partial charge in [0, 0.05) is 19.1 Å². The minimum atomic E-state index is -0.185. The number of anilines is 1. The van der Waals surface area contributed by atoms with Gasteiger partial charge in [0.25, 0.3) is 0 Å². The van der Waals surface area contributed by atoms with Gasteiger partial charge in [-0.3, -0.25) is 0 Å². The lowest BCUT2D eigenvalue weighted by Crippen LogP contribution is -2.34. The van der Waals surface area contributed by atoms with Crippen LogP contribution in [-0.4, -0.2) is 31.1 Å². The zero-order valence-corrected chi connectivity index (χ0v) is 11.9. The van der Waals surface area contributed by atoms with Gasteiger partial charge >= 0.3 is 0 Å². The van der Waals surface area contributed by atoms with E-state index < -0.39 is 0 Å². The Morgan fingerprint density at radius 1 is 1.22 bits per heavy atom. The third-order valence-corrected chi connectivity index (χ3v) is 3.22. The van der Waals surface area contributed by atoms with Crippen LogP contribution in [0.3, 0.4) is 0 Å². The molecule has 0 amide bonds. The van der Waals surface area contributed by atoms with Crippen LogP contribution in [0.25, 0.3) is 0 Å². The van der Waals surface area contributed by atoms with Crippen molar-refractivity contribution in [2.45, 2.75) is 33.2 Å². The van der Waals surface area contributed by atoms with Crippen molar-refractivity contribution in [1.29, 1.82) is 0 Å². The molecule has 1 aromatic carbocycles. The average molecular weight is 252 g/mol. The first-order valence-electron chi connectivity index (χ1n) is 6.69. The van der Waals surface area contributed by atoms with E-state index in [4.69, 9.17) is 0 Å². The molecule has 1 atom stereocenters. The molecule has 0 aliphatic heterocycles. The summed E-state index contributed by atoms with van der Waals surface area (Å²) >= 11 is 0. The highest BCUT2D eigenvalue weighted by molar-refractivity contribution is 5.44. The fraction of sp³-hybridized carbons (Fsp3) is 0.600. The highest BCUT2D eigenvalue weighted by atomic mass is 19.1. The SMILES string of the molecule is CC(C)CC(C)N(C)CCNc1ccccc1F. The van der Waals surface area contributed by atoms with Crippen molar-refractivity contribution < 1.29 is 4.39 Å². The second-order valence-electron chi connectivity index (χ2n) is 5.37. The molecule has 0 bridgehead atoms. The highest BCUT2D eigenvalue weighted by Crippen LogP contribution is 2.12. The number of hydrogen-bond acceptors (Lipinski definition) is 2. The fourth-order valence-electron chi connectivity index (χ4n) is 2.05. The van der Waals surface area contributed by atoms with Crippen molar-refractivity contribution >= 4 is 5.69 Å². The van der Waals surface area contributed by atoms with Gasteiger partial charge in [-0.25, -0.2) is 4.39 Å². The van der Waals surface area contributed by atoms with Crippen LogP contribution in [0.2, 0.25) is 0 Å². The average Bonchev–Trinajstić information content (AvgIpc) is 2.30. The number of nitrogens with zero attached hydrogens (tertiary/aromatic N) is 1. The molecular formula is C15H25FN2. The van der Waals surface area contributed by atoms with Crippen LogP contribution in [0.5, 0.6) is 0 Å². The Labute approximate surface area is 110 Å². The second-order valence-corrected chi connectivity index (χ2v) is 5.37. The molecule has 0 radical (unpaired) electrons. The van der Waals surface area contributed by atoms with E-state index in [1.807, 2.05) is 6.07 Å². The van der Waals surface area contributed by atoms with E-state index in [1.54, 1.807) is 12.1 Å². The summed E-state index contributed by atoms with van der Waals surface area (Å²) in [5.74, 6) is 0.525. The first-order valence-corrected chi connectivity index (χ1v) is 6.69. The molecule has 1 unspecified atom stereocenters. The maximum Gasteiger partial charge on any atom is 0.146 e. The number of rotatable bonds is 7. The van der Waals surface area contributed by atoms with E-state index in [-0.39, 0.29) is 5.82 Å². The molecule has 2 nitrogen and oxygen atoms in total. The van der Waals surface area contributed by atoms with Crippen molar-refractivity contribution in [3.05, 3.63) is 30.1 Å². The number of halogens is 1. The minimum Gasteiger partial charge on any atom is -0.381 e. The van der Waals surface area contributed by atoms with Crippen LogP contribution >= 0.6 is 0 Å². The summed E-state index contributed by atoms with van der Waals surface area (Å²) in [4.78, 5) is 2.31. The Morgan fingerprint density at radius 2 is 1.89 bits per heavy atom. The molecule has 0 aromatic heterocycles. The van der Waals surface area contributed by atoms with Crippen molar-refractivity contribution in [2.24, 2.45) is 5.92 Å². The van der Waals surface area contributed by atoms with Gasteiger partial charge in [-0.1, -0.05) is 26.0 Å². The molecule has 0 aliphatic rings. The summed E-state index contributed by atoms with van der Waals surface area (Å²) in [7, 11) is 2.12. The Kier molecular flexibility index (Phi) is 6.13. The molecular weight excluding hydrogens is 227 g/mol. The van der Waals surface area contributed by atoms with Crippen LogP contribution in [0, 0.1) is 11.7 Å². The predicted molar refractivity (Wildman–Crippen MR) is 76.4 cm³/mol. The number of likely N-dealkylation sites (N-methyl/N-ethyl adjacent to an activating group) is 1. The number of benzene rings is 1. The first kappa shape index (κ1) is 15.0. The molecule has 0 saturated heterocycles. The fourth-order valence-corrected chi connectivity index (χ4v) is 2.05. The van der Waals surface area contributed by atoms with Crippen LogP contribution in [0.1, 0.15) is 27.2 Å². The summed E-state index contributed by atoms with van der Waals surface area (Å²) < 4.78 is 13.4. The predicted octanol–water partition coefficient (Wildman–Crippen LogP) is 3.60. The summed E-state index contributed by atoms with van der Waals surface area (Å²) in [6.07, 6.45) is 1.19. The van der Waals surface area contributed by atoms with Crippen molar-refractivity contribution in [1.82, 2.24) is 4.90 Å². The van der Waals surface area contributed by atoms with E-state index in [0.29, 0.717) is 17.6 Å². The Bertz CT molecular complexity index is 352. The molecule has 1 aromatic rings. The van der Waals surface area contributed by atoms with Crippen LogP contribution in [0.4, 0.5) is 10.1 Å². The van der Waals surface area contributed by atoms with Gasteiger partial charge in [0.2, 0.25) is 0 Å². The monoisotopic (exact) mass is 252 g/mol. The number of para-hydroxylation sites is 1. The number of nitrogens with one attached hydrogen (secondary N) is 1. The highest BCUT2D eigenvalue weighted by Gasteiger charge is 2.10. The van der Waals surface area contributed by atoms with Crippen LogP contribution in [0.15, 0.2) is 24.3 Å². The molecule has 1 rings (SSSR count). The van der Waals surface area contributed by atoms with Gasteiger partial charge < -0.3 is 10.2 Å². The first-order chi connectivity index (χ1) is 8.50. The van der Waals surface area contributed by atoms with Gasteiger partial charge in [0.15, 0.2) is 0 Å². The van der Waals surface area contributed by atoms with Gasteiger partial charge in [0.1, 0.15) is 5.82 Å². The lowest BCUT2D eigenvalue weighted by molar-refractivity contribution is 0.236. The van der Waals surface area contributed by atoms with Gasteiger partial charge in [0.05, 0.1) is 5.69 Å². The van der Waals surface area contributed by atoms with E-state index in [0.717, 1.165) is 13.1 Å². The molecule has 0 spiro atoms. The van der Waals surface area contributed by atoms with E-state index in [9.17, 15) is 4.39 Å². The lowest BCUT2D eigenvalue weighted by atomic mass is 10.0. The van der Waals surface area contributed by atoms with Crippen LogP contribution < -0.4 is 5.32 Å². The Morgan fingerprint density at radius 3 is 2.50 bits per heavy atom. The smallest absolute Gasteiger partial charge is 0.146 e. The Hall–Kier alpha value is -1.09. The molecule has 0 saturated carbocycles. The third-order valence-electron chi connectivity index (χ3n) is 3.22. The second kappa shape index (κ2) is 7.37. The molecule has 1 N–H and O–H groups in total. The van der Waals surface area contributed by atoms with Gasteiger partial charge in [-0.15, -0.1) is 0 Å². The normalized spacial score (nSPS) is 13.1. The summed E-state index contributed by atoms with van der Waals surface area (Å²) in [6, 6.07) is 7.36. The molecule has 0 aliphatic carbocycles.